The highest BCUT2D eigenvalue weighted by Crippen LogP contribution is 2.31. The molecule has 6 heterocycles. The van der Waals surface area contributed by atoms with Crippen LogP contribution >= 0.6 is 0 Å². The summed E-state index contributed by atoms with van der Waals surface area (Å²) in [5.74, 6) is -0.228. The number of nitrogens with one attached hydrogen (secondary N) is 2. The number of halogens is 1. The summed E-state index contributed by atoms with van der Waals surface area (Å²) < 4.78 is 14.9. The number of nitrogens with zero attached hydrogens (tertiary/aromatic N) is 5. The highest BCUT2D eigenvalue weighted by molar-refractivity contribution is 5.96. The molecule has 7 nitrogen and oxygen atoms in total. The van der Waals surface area contributed by atoms with Crippen molar-refractivity contribution in [3.8, 4) is 22.6 Å². The quantitative estimate of drug-likeness (QED) is 0.162. The van der Waals surface area contributed by atoms with Crippen LogP contribution in [0, 0.1) is 5.82 Å². The number of hydrogen-bond acceptors (Lipinski definition) is 5. The zero-order valence-electron chi connectivity index (χ0n) is 28.1. The summed E-state index contributed by atoms with van der Waals surface area (Å²) in [6, 6.07) is 11.6. The number of aromatic nitrogens is 5. The topological polar surface area (TPSA) is 76.7 Å². The minimum atomic E-state index is -0.228. The molecule has 1 aromatic carbocycles. The molecule has 0 aliphatic carbocycles. The Morgan fingerprint density at radius 1 is 0.896 bits per heavy atom. The van der Waals surface area contributed by atoms with Gasteiger partial charge in [-0.2, -0.15) is 5.10 Å². The number of hydrogen-bond donors (Lipinski definition) is 2. The average molecular weight is 644 g/mol. The number of aromatic amines is 2. The zero-order valence-corrected chi connectivity index (χ0v) is 28.1. The van der Waals surface area contributed by atoms with E-state index in [1.54, 1.807) is 18.3 Å². The Kier molecular flexibility index (Phi) is 9.91. The first-order valence-electron chi connectivity index (χ1n) is 17.6. The molecular weight excluding hydrogens is 597 g/mol. The van der Waals surface area contributed by atoms with Gasteiger partial charge in [0.05, 0.1) is 16.7 Å². The van der Waals surface area contributed by atoms with E-state index in [1.165, 1.54) is 57.4 Å². The number of rotatable bonds is 12. The van der Waals surface area contributed by atoms with E-state index in [4.69, 9.17) is 10.1 Å². The lowest BCUT2D eigenvalue weighted by Crippen LogP contribution is -2.23. The second-order valence-electron chi connectivity index (χ2n) is 13.4. The third-order valence-corrected chi connectivity index (χ3v) is 9.92. The maximum Gasteiger partial charge on any atom is 0.124 e. The van der Waals surface area contributed by atoms with E-state index in [9.17, 15) is 4.39 Å². The summed E-state index contributed by atoms with van der Waals surface area (Å²) in [7, 11) is 0. The number of fused-ring (bicyclic) bond motifs is 1. The summed E-state index contributed by atoms with van der Waals surface area (Å²) in [5.41, 5.74) is 8.26. The first-order chi connectivity index (χ1) is 23.5. The van der Waals surface area contributed by atoms with Crippen LogP contribution in [-0.4, -0.2) is 74.2 Å². The molecule has 0 amide bonds. The molecule has 2 aliphatic heterocycles. The molecule has 0 spiro atoms. The molecule has 0 radical (unpaired) electrons. The maximum atomic E-state index is 14.9. The number of likely N-dealkylation sites (tertiary alicyclic amines) is 2. The minimum Gasteiger partial charge on any atom is -0.353 e. The largest absolute Gasteiger partial charge is 0.353 e. The second-order valence-corrected chi connectivity index (χ2v) is 13.4. The summed E-state index contributed by atoms with van der Waals surface area (Å²) in [4.78, 5) is 17.9. The molecule has 2 aliphatic rings. The van der Waals surface area contributed by atoms with Crippen LogP contribution in [0.4, 0.5) is 4.39 Å². The predicted octanol–water partition coefficient (Wildman–Crippen LogP) is 6.51. The Balaban J connectivity index is 1.15. The first-order valence-corrected chi connectivity index (χ1v) is 17.6. The van der Waals surface area contributed by atoms with Gasteiger partial charge in [0.25, 0.3) is 0 Å². The lowest BCUT2D eigenvalue weighted by atomic mass is 10.0. The van der Waals surface area contributed by atoms with Crippen molar-refractivity contribution in [1.29, 1.82) is 0 Å². The van der Waals surface area contributed by atoms with E-state index in [0.29, 0.717) is 0 Å². The van der Waals surface area contributed by atoms with Crippen LogP contribution in [0.15, 0.2) is 61.6 Å². The van der Waals surface area contributed by atoms with E-state index in [1.807, 2.05) is 31.5 Å². The molecule has 7 rings (SSSR count). The molecule has 4 aromatic heterocycles. The average Bonchev–Trinajstić information content (AvgIpc) is 3.92. The smallest absolute Gasteiger partial charge is 0.124 e. The molecule has 2 fully saturated rings. The van der Waals surface area contributed by atoms with Gasteiger partial charge in [-0.05, 0) is 162 Å². The molecule has 2 saturated heterocycles. The van der Waals surface area contributed by atoms with Crippen LogP contribution in [0.1, 0.15) is 62.1 Å². The number of benzene rings is 1. The molecule has 2 N–H and O–H groups in total. The summed E-state index contributed by atoms with van der Waals surface area (Å²) in [6.07, 6.45) is 19.0. The third-order valence-electron chi connectivity index (χ3n) is 9.92. The van der Waals surface area contributed by atoms with Gasteiger partial charge in [0.15, 0.2) is 0 Å². The molecule has 8 heteroatoms. The monoisotopic (exact) mass is 643 g/mol. The van der Waals surface area contributed by atoms with Gasteiger partial charge in [0, 0.05) is 40.3 Å². The lowest BCUT2D eigenvalue weighted by molar-refractivity contribution is 0.334. The fraction of sp³-hybridized carbons (Fsp3) is 0.375. The number of pyridine rings is 2. The predicted molar refractivity (Wildman–Crippen MR) is 194 cm³/mol. The molecule has 248 valence electrons. The minimum absolute atomic E-state index is 0.228. The van der Waals surface area contributed by atoms with Crippen molar-refractivity contribution in [2.75, 3.05) is 39.3 Å². The van der Waals surface area contributed by atoms with E-state index < -0.39 is 0 Å². The van der Waals surface area contributed by atoms with Crippen LogP contribution in [0.2, 0.25) is 0 Å². The second kappa shape index (κ2) is 14.8. The molecule has 0 unspecified atom stereocenters. The van der Waals surface area contributed by atoms with E-state index in [-0.39, 0.29) is 5.82 Å². The molecule has 0 saturated carbocycles. The van der Waals surface area contributed by atoms with Crippen LogP contribution in [0.25, 0.3) is 51.3 Å². The van der Waals surface area contributed by atoms with Crippen molar-refractivity contribution in [3.63, 3.8) is 0 Å². The van der Waals surface area contributed by atoms with E-state index >= 15 is 0 Å². The van der Waals surface area contributed by atoms with Crippen LogP contribution < -0.4 is 10.6 Å². The summed E-state index contributed by atoms with van der Waals surface area (Å²) in [6.45, 7) is 13.5. The van der Waals surface area contributed by atoms with Gasteiger partial charge in [-0.15, -0.1) is 0 Å². The van der Waals surface area contributed by atoms with Crippen LogP contribution in [0.3, 0.4) is 0 Å². The fourth-order valence-electron chi connectivity index (χ4n) is 7.36. The van der Waals surface area contributed by atoms with Crippen molar-refractivity contribution < 1.29 is 4.39 Å². The summed E-state index contributed by atoms with van der Waals surface area (Å²) >= 11 is 0. The summed E-state index contributed by atoms with van der Waals surface area (Å²) in [5, 5.41) is 10.7. The van der Waals surface area contributed by atoms with Gasteiger partial charge in [-0.3, -0.25) is 15.1 Å². The Bertz CT molecular complexity index is 2010. The Morgan fingerprint density at radius 3 is 2.35 bits per heavy atom. The molecule has 0 atom stereocenters. The van der Waals surface area contributed by atoms with Gasteiger partial charge in [0.2, 0.25) is 0 Å². The van der Waals surface area contributed by atoms with Gasteiger partial charge in [0.1, 0.15) is 11.5 Å². The van der Waals surface area contributed by atoms with Gasteiger partial charge < -0.3 is 14.8 Å². The molecule has 5 aromatic rings. The SMILES string of the molecule is C=C(/C=c1/c(-c2cc3c(-c4cc(F)cc(CCCN5CCCC5)c4)nccc3[nH]2)n[nH]/c1=C/C)c1cncc(CCCN2CCCC2)c1. The molecule has 0 bridgehead atoms. The van der Waals surface area contributed by atoms with Crippen molar-refractivity contribution in [3.05, 3.63) is 94.6 Å². The molecule has 48 heavy (non-hydrogen) atoms. The zero-order chi connectivity index (χ0) is 32.9. The van der Waals surface area contributed by atoms with Crippen molar-refractivity contribution in [2.24, 2.45) is 0 Å². The van der Waals surface area contributed by atoms with Gasteiger partial charge >= 0.3 is 0 Å². The van der Waals surface area contributed by atoms with Gasteiger partial charge in [-0.1, -0.05) is 12.7 Å². The maximum absolute atomic E-state index is 14.9. The number of allylic oxidation sites excluding steroid dienone is 1. The standard InChI is InChI=1S/C40H46FN7/c1-3-36-34(20-28(2)32-22-30(26-42-27-32)11-9-19-48-16-6-7-17-48)40(46-45-36)38-25-35-37(44-38)12-13-43-39(35)31-21-29(23-33(41)24-31)10-8-18-47-14-4-5-15-47/h3,12-13,20-27,44-45H,2,4-11,14-19H2,1H3/b34-20+,36-3+. The normalized spacial score (nSPS) is 16.5. The van der Waals surface area contributed by atoms with Crippen LogP contribution in [-0.2, 0) is 12.8 Å². The Hall–Kier alpha value is -4.40. The van der Waals surface area contributed by atoms with Crippen molar-refractivity contribution >= 4 is 28.6 Å². The Labute approximate surface area is 282 Å². The lowest BCUT2D eigenvalue weighted by Gasteiger charge is -2.14. The first kappa shape index (κ1) is 32.2. The molecular formula is C40H46FN7. The highest BCUT2D eigenvalue weighted by atomic mass is 19.1. The van der Waals surface area contributed by atoms with E-state index in [0.717, 1.165) is 99.6 Å². The van der Waals surface area contributed by atoms with Gasteiger partial charge in [-0.25, -0.2) is 4.39 Å². The van der Waals surface area contributed by atoms with Crippen molar-refractivity contribution in [2.45, 2.75) is 58.3 Å². The fourth-order valence-corrected chi connectivity index (χ4v) is 7.36. The Morgan fingerprint density at radius 2 is 1.62 bits per heavy atom. The highest BCUT2D eigenvalue weighted by Gasteiger charge is 2.16. The number of aryl methyl sites for hydroxylation is 2. The van der Waals surface area contributed by atoms with Crippen LogP contribution in [0.5, 0.6) is 0 Å². The number of H-pyrrole nitrogens is 2. The third kappa shape index (κ3) is 7.35. The van der Waals surface area contributed by atoms with E-state index in [2.05, 4.69) is 55.7 Å². The van der Waals surface area contributed by atoms with Crippen molar-refractivity contribution in [1.82, 2.24) is 34.9 Å².